The lowest BCUT2D eigenvalue weighted by atomic mass is 9.87. The van der Waals surface area contributed by atoms with Gasteiger partial charge in [0.2, 0.25) is 5.91 Å². The lowest BCUT2D eigenvalue weighted by molar-refractivity contribution is -0.123. The van der Waals surface area contributed by atoms with Crippen molar-refractivity contribution >= 4 is 29.7 Å². The van der Waals surface area contributed by atoms with Gasteiger partial charge in [-0.1, -0.05) is 0 Å². The molecule has 1 aromatic rings. The minimum absolute atomic E-state index is 0. The maximum Gasteiger partial charge on any atom is 0.227 e. The van der Waals surface area contributed by atoms with E-state index in [4.69, 9.17) is 5.73 Å². The van der Waals surface area contributed by atoms with Crippen molar-refractivity contribution < 1.29 is 4.79 Å². The van der Waals surface area contributed by atoms with Gasteiger partial charge in [0.05, 0.1) is 5.92 Å². The lowest BCUT2D eigenvalue weighted by Gasteiger charge is -2.25. The van der Waals surface area contributed by atoms with Gasteiger partial charge in [0.25, 0.3) is 0 Å². The SMILES string of the molecule is Cl.NCC(NC(=O)C1CCCc2sccc21)C1CC1. The van der Waals surface area contributed by atoms with E-state index < -0.39 is 0 Å². The van der Waals surface area contributed by atoms with E-state index in [2.05, 4.69) is 16.8 Å². The van der Waals surface area contributed by atoms with E-state index in [1.165, 1.54) is 23.3 Å². The van der Waals surface area contributed by atoms with E-state index in [-0.39, 0.29) is 30.3 Å². The van der Waals surface area contributed by atoms with E-state index in [1.807, 2.05) is 0 Å². The second kappa shape index (κ2) is 6.25. The molecule has 0 spiro atoms. The van der Waals surface area contributed by atoms with Crippen LogP contribution >= 0.6 is 23.7 Å². The second-order valence-corrected chi connectivity index (χ2v) is 6.43. The highest BCUT2D eigenvalue weighted by Gasteiger charge is 2.34. The molecule has 2 atom stereocenters. The van der Waals surface area contributed by atoms with Crippen LogP contribution in [0.1, 0.15) is 42.0 Å². The maximum absolute atomic E-state index is 12.4. The molecule has 1 fully saturated rings. The minimum atomic E-state index is 0. The van der Waals surface area contributed by atoms with Crippen LogP contribution in [-0.4, -0.2) is 18.5 Å². The van der Waals surface area contributed by atoms with Gasteiger partial charge in [-0.2, -0.15) is 0 Å². The average molecular weight is 301 g/mol. The third kappa shape index (κ3) is 3.12. The van der Waals surface area contributed by atoms with Crippen LogP contribution in [0.25, 0.3) is 0 Å². The molecule has 0 bridgehead atoms. The van der Waals surface area contributed by atoms with E-state index in [1.54, 1.807) is 11.3 Å². The Kier molecular flexibility index (Phi) is 4.87. The topological polar surface area (TPSA) is 55.1 Å². The van der Waals surface area contributed by atoms with Crippen molar-refractivity contribution in [3.05, 3.63) is 21.9 Å². The summed E-state index contributed by atoms with van der Waals surface area (Å²) in [6.45, 7) is 0.569. The number of hydrogen-bond acceptors (Lipinski definition) is 3. The number of nitrogens with one attached hydrogen (secondary N) is 1. The minimum Gasteiger partial charge on any atom is -0.351 e. The molecule has 1 aromatic heterocycles. The van der Waals surface area contributed by atoms with Gasteiger partial charge in [-0.15, -0.1) is 23.7 Å². The summed E-state index contributed by atoms with van der Waals surface area (Å²) in [5.74, 6) is 0.883. The molecule has 5 heteroatoms. The summed E-state index contributed by atoms with van der Waals surface area (Å²) in [4.78, 5) is 13.8. The zero-order chi connectivity index (χ0) is 12.5. The molecule has 0 aromatic carbocycles. The molecule has 1 saturated carbocycles. The lowest BCUT2D eigenvalue weighted by Crippen LogP contribution is -2.44. The van der Waals surface area contributed by atoms with Gasteiger partial charge in [-0.05, 0) is 55.0 Å². The average Bonchev–Trinajstić information content (AvgIpc) is 3.11. The van der Waals surface area contributed by atoms with Crippen LogP contribution in [0.15, 0.2) is 11.4 Å². The Balaban J connectivity index is 0.00000133. The Labute approximate surface area is 124 Å². The van der Waals surface area contributed by atoms with Crippen molar-refractivity contribution in [1.82, 2.24) is 5.32 Å². The summed E-state index contributed by atoms with van der Waals surface area (Å²) in [5, 5.41) is 5.28. The molecule has 106 valence electrons. The van der Waals surface area contributed by atoms with E-state index in [0.717, 1.165) is 19.3 Å². The Morgan fingerprint density at radius 1 is 1.47 bits per heavy atom. The zero-order valence-corrected chi connectivity index (χ0v) is 12.6. The highest BCUT2D eigenvalue weighted by Crippen LogP contribution is 2.36. The molecule has 3 N–H and O–H groups in total. The first-order valence-electron chi connectivity index (χ1n) is 6.86. The maximum atomic E-state index is 12.4. The first-order valence-corrected chi connectivity index (χ1v) is 7.74. The highest BCUT2D eigenvalue weighted by molar-refractivity contribution is 7.10. The van der Waals surface area contributed by atoms with Crippen LogP contribution < -0.4 is 11.1 Å². The van der Waals surface area contributed by atoms with Crippen LogP contribution in [0, 0.1) is 5.92 Å². The number of fused-ring (bicyclic) bond motifs is 1. The third-order valence-electron chi connectivity index (χ3n) is 4.14. The Morgan fingerprint density at radius 2 is 2.26 bits per heavy atom. The van der Waals surface area contributed by atoms with Gasteiger partial charge in [-0.3, -0.25) is 4.79 Å². The molecular formula is C14H21ClN2OS. The van der Waals surface area contributed by atoms with Crippen LogP contribution in [0.5, 0.6) is 0 Å². The summed E-state index contributed by atoms with van der Waals surface area (Å²) in [7, 11) is 0. The quantitative estimate of drug-likeness (QED) is 0.897. The monoisotopic (exact) mass is 300 g/mol. The molecule has 1 heterocycles. The van der Waals surface area contributed by atoms with Crippen molar-refractivity contribution in [3.63, 3.8) is 0 Å². The third-order valence-corrected chi connectivity index (χ3v) is 5.14. The zero-order valence-electron chi connectivity index (χ0n) is 10.9. The summed E-state index contributed by atoms with van der Waals surface area (Å²) in [5.41, 5.74) is 7.01. The number of carbonyl (C=O) groups excluding carboxylic acids is 1. The number of aryl methyl sites for hydroxylation is 1. The summed E-state index contributed by atoms with van der Waals surface area (Å²) < 4.78 is 0. The molecule has 0 saturated heterocycles. The van der Waals surface area contributed by atoms with E-state index in [0.29, 0.717) is 12.5 Å². The molecule has 3 nitrogen and oxygen atoms in total. The van der Waals surface area contributed by atoms with Crippen LogP contribution in [0.2, 0.25) is 0 Å². The number of carbonyl (C=O) groups is 1. The Bertz CT molecular complexity index is 444. The fourth-order valence-corrected chi connectivity index (χ4v) is 3.90. The fraction of sp³-hybridized carbons (Fsp3) is 0.643. The fourth-order valence-electron chi connectivity index (χ4n) is 2.91. The molecule has 2 aliphatic carbocycles. The van der Waals surface area contributed by atoms with Crippen molar-refractivity contribution in [2.75, 3.05) is 6.54 Å². The number of rotatable bonds is 4. The molecule has 2 unspecified atom stereocenters. The van der Waals surface area contributed by atoms with Gasteiger partial charge in [0.1, 0.15) is 0 Å². The van der Waals surface area contributed by atoms with Crippen molar-refractivity contribution in [3.8, 4) is 0 Å². The number of thiophene rings is 1. The van der Waals surface area contributed by atoms with Gasteiger partial charge >= 0.3 is 0 Å². The smallest absolute Gasteiger partial charge is 0.227 e. The van der Waals surface area contributed by atoms with Crippen molar-refractivity contribution in [2.24, 2.45) is 11.7 Å². The van der Waals surface area contributed by atoms with Crippen LogP contribution in [-0.2, 0) is 11.2 Å². The van der Waals surface area contributed by atoms with Gasteiger partial charge < -0.3 is 11.1 Å². The first-order chi connectivity index (χ1) is 8.79. The number of halogens is 1. The Hall–Kier alpha value is -0.580. The molecule has 0 aliphatic heterocycles. The molecule has 0 radical (unpaired) electrons. The standard InChI is InChI=1S/C14H20N2OS.ClH/c15-8-12(9-4-5-9)16-14(17)11-2-1-3-13-10(11)6-7-18-13;/h6-7,9,11-12H,1-5,8,15H2,(H,16,17);1H. The highest BCUT2D eigenvalue weighted by atomic mass is 35.5. The largest absolute Gasteiger partial charge is 0.351 e. The summed E-state index contributed by atoms with van der Waals surface area (Å²) in [6, 6.07) is 2.32. The van der Waals surface area contributed by atoms with Crippen molar-refractivity contribution in [1.29, 1.82) is 0 Å². The number of amides is 1. The Morgan fingerprint density at radius 3 is 2.95 bits per heavy atom. The first kappa shape index (κ1) is 14.8. The van der Waals surface area contributed by atoms with Gasteiger partial charge in [-0.25, -0.2) is 0 Å². The normalized spacial score (nSPS) is 23.1. The molecule has 2 aliphatic rings. The summed E-state index contributed by atoms with van der Waals surface area (Å²) in [6.07, 6.45) is 5.69. The predicted octanol–water partition coefficient (Wildman–Crippen LogP) is 2.44. The van der Waals surface area contributed by atoms with Crippen LogP contribution in [0.4, 0.5) is 0 Å². The van der Waals surface area contributed by atoms with Crippen LogP contribution in [0.3, 0.4) is 0 Å². The van der Waals surface area contributed by atoms with Crippen molar-refractivity contribution in [2.45, 2.75) is 44.1 Å². The molecule has 1 amide bonds. The van der Waals surface area contributed by atoms with E-state index >= 15 is 0 Å². The predicted molar refractivity (Wildman–Crippen MR) is 81.0 cm³/mol. The number of hydrogen-bond donors (Lipinski definition) is 2. The van der Waals surface area contributed by atoms with Gasteiger partial charge in [0, 0.05) is 17.5 Å². The number of nitrogens with two attached hydrogens (primary N) is 1. The van der Waals surface area contributed by atoms with Gasteiger partial charge in [0.15, 0.2) is 0 Å². The molecule has 3 rings (SSSR count). The summed E-state index contributed by atoms with van der Waals surface area (Å²) >= 11 is 1.79. The van der Waals surface area contributed by atoms with E-state index in [9.17, 15) is 4.79 Å². The molecule has 19 heavy (non-hydrogen) atoms. The molecular weight excluding hydrogens is 280 g/mol. The second-order valence-electron chi connectivity index (χ2n) is 5.43.